The first-order valence-corrected chi connectivity index (χ1v) is 7.29. The van der Waals surface area contributed by atoms with Crippen molar-refractivity contribution < 1.29 is 0 Å². The number of amidine groups is 1. The zero-order chi connectivity index (χ0) is 14.1. The van der Waals surface area contributed by atoms with Crippen LogP contribution in [-0.2, 0) is 0 Å². The number of hydrogen-bond donors (Lipinski definition) is 1. The maximum atomic E-state index is 6.21. The van der Waals surface area contributed by atoms with Crippen LogP contribution in [-0.4, -0.2) is 10.8 Å². The van der Waals surface area contributed by atoms with E-state index in [0.29, 0.717) is 10.9 Å². The largest absolute Gasteiger partial charge is 0.387 e. The SMILES string of the molecule is CC(N)=Nc1ccc2sc(-c3ccccc3Cl)nc2c1. The van der Waals surface area contributed by atoms with Crippen LogP contribution >= 0.6 is 22.9 Å². The Morgan fingerprint density at radius 2 is 2.05 bits per heavy atom. The van der Waals surface area contributed by atoms with Crippen LogP contribution < -0.4 is 5.73 Å². The fraction of sp³-hybridized carbons (Fsp3) is 0.0667. The predicted octanol–water partition coefficient (Wildman–Crippen LogP) is 4.63. The van der Waals surface area contributed by atoms with Crippen molar-refractivity contribution in [1.29, 1.82) is 0 Å². The van der Waals surface area contributed by atoms with Crippen LogP contribution in [0.5, 0.6) is 0 Å². The summed E-state index contributed by atoms with van der Waals surface area (Å²) in [5.74, 6) is 0.533. The molecule has 20 heavy (non-hydrogen) atoms. The molecule has 0 saturated carbocycles. The molecule has 3 nitrogen and oxygen atoms in total. The molecule has 2 aromatic carbocycles. The molecule has 5 heteroatoms. The van der Waals surface area contributed by atoms with Crippen LogP contribution in [0.1, 0.15) is 6.92 Å². The molecule has 0 unspecified atom stereocenters. The first kappa shape index (κ1) is 13.1. The number of nitrogens with two attached hydrogens (primary N) is 1. The number of aliphatic imine (C=N–C) groups is 1. The van der Waals surface area contributed by atoms with Crippen molar-refractivity contribution in [3.8, 4) is 10.6 Å². The quantitative estimate of drug-likeness (QED) is 0.554. The lowest BCUT2D eigenvalue weighted by molar-refractivity contribution is 1.44. The molecule has 1 heterocycles. The average molecular weight is 302 g/mol. The molecular weight excluding hydrogens is 290 g/mol. The highest BCUT2D eigenvalue weighted by Crippen LogP contribution is 2.35. The molecule has 0 saturated heterocycles. The third-order valence-electron chi connectivity index (χ3n) is 2.78. The molecule has 1 aromatic heterocycles. The molecule has 0 amide bonds. The Morgan fingerprint density at radius 1 is 1.25 bits per heavy atom. The smallest absolute Gasteiger partial charge is 0.126 e. The van der Waals surface area contributed by atoms with E-state index in [-0.39, 0.29) is 0 Å². The van der Waals surface area contributed by atoms with Gasteiger partial charge >= 0.3 is 0 Å². The summed E-state index contributed by atoms with van der Waals surface area (Å²) >= 11 is 7.83. The van der Waals surface area contributed by atoms with E-state index < -0.39 is 0 Å². The fourth-order valence-corrected chi connectivity index (χ4v) is 3.21. The summed E-state index contributed by atoms with van der Waals surface area (Å²) < 4.78 is 1.11. The van der Waals surface area contributed by atoms with Crippen molar-refractivity contribution in [2.75, 3.05) is 0 Å². The van der Waals surface area contributed by atoms with Gasteiger partial charge in [-0.25, -0.2) is 9.98 Å². The van der Waals surface area contributed by atoms with E-state index in [4.69, 9.17) is 17.3 Å². The van der Waals surface area contributed by atoms with Crippen LogP contribution in [0, 0.1) is 0 Å². The number of rotatable bonds is 2. The van der Waals surface area contributed by atoms with E-state index in [2.05, 4.69) is 9.98 Å². The van der Waals surface area contributed by atoms with E-state index in [1.807, 2.05) is 42.5 Å². The van der Waals surface area contributed by atoms with E-state index in [9.17, 15) is 0 Å². The van der Waals surface area contributed by atoms with Crippen molar-refractivity contribution in [2.45, 2.75) is 6.92 Å². The third kappa shape index (κ3) is 2.53. The molecule has 2 N–H and O–H groups in total. The second-order valence-corrected chi connectivity index (χ2v) is 5.84. The molecule has 0 fully saturated rings. The van der Waals surface area contributed by atoms with Gasteiger partial charge in [-0.2, -0.15) is 0 Å². The van der Waals surface area contributed by atoms with Gasteiger partial charge in [0.05, 0.1) is 26.8 Å². The highest BCUT2D eigenvalue weighted by molar-refractivity contribution is 7.21. The van der Waals surface area contributed by atoms with Crippen LogP contribution in [0.25, 0.3) is 20.8 Å². The van der Waals surface area contributed by atoms with Crippen molar-refractivity contribution in [2.24, 2.45) is 10.7 Å². The van der Waals surface area contributed by atoms with Gasteiger partial charge in [0, 0.05) is 5.56 Å². The van der Waals surface area contributed by atoms with Gasteiger partial charge in [0.1, 0.15) is 5.01 Å². The molecule has 3 aromatic rings. The Labute approximate surface area is 125 Å². The summed E-state index contributed by atoms with van der Waals surface area (Å²) in [5, 5.41) is 1.62. The number of fused-ring (bicyclic) bond motifs is 1. The summed E-state index contributed by atoms with van der Waals surface area (Å²) in [7, 11) is 0. The number of aromatic nitrogens is 1. The Balaban J connectivity index is 2.12. The van der Waals surface area contributed by atoms with Gasteiger partial charge in [-0.3, -0.25) is 0 Å². The molecule has 0 bridgehead atoms. The summed E-state index contributed by atoms with van der Waals surface area (Å²) in [6.45, 7) is 1.76. The minimum absolute atomic E-state index is 0.533. The van der Waals surface area contributed by atoms with Crippen molar-refractivity contribution >= 4 is 44.7 Å². The minimum atomic E-state index is 0.533. The Kier molecular flexibility index (Phi) is 3.42. The zero-order valence-corrected chi connectivity index (χ0v) is 12.4. The number of thiazole rings is 1. The van der Waals surface area contributed by atoms with Crippen LogP contribution in [0.2, 0.25) is 5.02 Å². The highest BCUT2D eigenvalue weighted by Gasteiger charge is 2.09. The number of nitrogens with zero attached hydrogens (tertiary/aromatic N) is 2. The van der Waals surface area contributed by atoms with Crippen molar-refractivity contribution in [3.05, 3.63) is 47.5 Å². The van der Waals surface area contributed by atoms with Gasteiger partial charge in [0.2, 0.25) is 0 Å². The normalized spacial score (nSPS) is 12.0. The Hall–Kier alpha value is -1.91. The van der Waals surface area contributed by atoms with E-state index in [1.165, 1.54) is 0 Å². The van der Waals surface area contributed by atoms with Crippen molar-refractivity contribution in [1.82, 2.24) is 4.98 Å². The second-order valence-electron chi connectivity index (χ2n) is 4.40. The molecule has 0 spiro atoms. The van der Waals surface area contributed by atoms with Crippen LogP contribution in [0.15, 0.2) is 47.5 Å². The van der Waals surface area contributed by atoms with Gasteiger partial charge in [0.25, 0.3) is 0 Å². The van der Waals surface area contributed by atoms with E-state index >= 15 is 0 Å². The van der Waals surface area contributed by atoms with Gasteiger partial charge < -0.3 is 5.73 Å². The molecule has 0 aliphatic rings. The predicted molar refractivity (Wildman–Crippen MR) is 87.0 cm³/mol. The second kappa shape index (κ2) is 5.23. The Bertz CT molecular complexity index is 804. The summed E-state index contributed by atoms with van der Waals surface area (Å²) in [6, 6.07) is 13.6. The first-order chi connectivity index (χ1) is 9.63. The molecule has 3 rings (SSSR count). The number of halogens is 1. The van der Waals surface area contributed by atoms with Crippen LogP contribution in [0.4, 0.5) is 5.69 Å². The highest BCUT2D eigenvalue weighted by atomic mass is 35.5. The maximum Gasteiger partial charge on any atom is 0.126 e. The summed E-state index contributed by atoms with van der Waals surface area (Å²) in [4.78, 5) is 8.88. The number of benzene rings is 2. The van der Waals surface area contributed by atoms with E-state index in [1.54, 1.807) is 18.3 Å². The lowest BCUT2D eigenvalue weighted by Gasteiger charge is -1.97. The van der Waals surface area contributed by atoms with Gasteiger partial charge in [-0.15, -0.1) is 11.3 Å². The lowest BCUT2D eigenvalue weighted by atomic mass is 10.2. The molecular formula is C15H12ClN3S. The average Bonchev–Trinajstić information content (AvgIpc) is 2.81. The summed E-state index contributed by atoms with van der Waals surface area (Å²) in [5.41, 5.74) is 8.28. The topological polar surface area (TPSA) is 51.3 Å². The van der Waals surface area contributed by atoms with Gasteiger partial charge in [0.15, 0.2) is 0 Å². The first-order valence-electron chi connectivity index (χ1n) is 6.10. The monoisotopic (exact) mass is 301 g/mol. The molecule has 100 valence electrons. The molecule has 0 radical (unpaired) electrons. The summed E-state index contributed by atoms with van der Waals surface area (Å²) in [6.07, 6.45) is 0. The third-order valence-corrected chi connectivity index (χ3v) is 4.18. The molecule has 0 atom stereocenters. The van der Waals surface area contributed by atoms with Crippen molar-refractivity contribution in [3.63, 3.8) is 0 Å². The molecule has 0 aliphatic heterocycles. The van der Waals surface area contributed by atoms with Gasteiger partial charge in [-0.1, -0.05) is 29.8 Å². The minimum Gasteiger partial charge on any atom is -0.387 e. The standard InChI is InChI=1S/C15H12ClN3S/c1-9(17)18-10-6-7-14-13(8-10)19-15(20-14)11-4-2-3-5-12(11)16/h2-8H,1H3,(H2,17,18). The maximum absolute atomic E-state index is 6.21. The van der Waals surface area contributed by atoms with Crippen LogP contribution in [0.3, 0.4) is 0 Å². The molecule has 0 aliphatic carbocycles. The lowest BCUT2D eigenvalue weighted by Crippen LogP contribution is -2.03. The number of hydrogen-bond acceptors (Lipinski definition) is 3. The Morgan fingerprint density at radius 3 is 2.80 bits per heavy atom. The van der Waals surface area contributed by atoms with E-state index in [0.717, 1.165) is 26.5 Å². The zero-order valence-electron chi connectivity index (χ0n) is 10.8. The van der Waals surface area contributed by atoms with Gasteiger partial charge in [-0.05, 0) is 31.2 Å². The fourth-order valence-electron chi connectivity index (χ4n) is 1.94.